The van der Waals surface area contributed by atoms with Crippen LogP contribution < -0.4 is 5.32 Å². The zero-order chi connectivity index (χ0) is 22.2. The first-order chi connectivity index (χ1) is 14.8. The van der Waals surface area contributed by atoms with Gasteiger partial charge in [-0.2, -0.15) is 0 Å². The van der Waals surface area contributed by atoms with E-state index in [0.29, 0.717) is 35.4 Å². The normalized spacial score (nSPS) is 25.7. The molecule has 2 atom stereocenters. The zero-order valence-corrected chi connectivity index (χ0v) is 19.3. The Bertz CT molecular complexity index is 848. The minimum Gasteiger partial charge on any atom is -0.391 e. The summed E-state index contributed by atoms with van der Waals surface area (Å²) in [5.41, 5.74) is 0.758. The quantitative estimate of drug-likeness (QED) is 0.694. The monoisotopic (exact) mass is 468 g/mol. The van der Waals surface area contributed by atoms with Gasteiger partial charge in [0, 0.05) is 31.9 Å². The minimum atomic E-state index is -0.525. The number of carbonyl (C=O) groups excluding carboxylic acids is 2. The number of hydrogen-bond acceptors (Lipinski definition) is 4. The second kappa shape index (κ2) is 9.14. The van der Waals surface area contributed by atoms with Gasteiger partial charge in [-0.05, 0) is 69.3 Å². The molecule has 170 valence electrons. The number of β-amino-alcohol motifs (C(OH)–C–C–N with tert-alkyl or cyclic N) is 1. The van der Waals surface area contributed by atoms with Gasteiger partial charge in [0.25, 0.3) is 0 Å². The van der Waals surface area contributed by atoms with E-state index in [4.69, 9.17) is 23.2 Å². The van der Waals surface area contributed by atoms with Crippen LogP contribution in [-0.4, -0.2) is 83.2 Å². The van der Waals surface area contributed by atoms with Crippen molar-refractivity contribution >= 4 is 40.8 Å². The van der Waals surface area contributed by atoms with Gasteiger partial charge in [-0.3, -0.25) is 4.79 Å². The van der Waals surface area contributed by atoms with Crippen LogP contribution in [0.25, 0.3) is 0 Å². The fraction of sp³-hybridized carbons (Fsp3) is 0.636. The molecule has 1 aliphatic carbocycles. The molecule has 0 aromatic heterocycles. The number of rotatable bonds is 5. The van der Waals surface area contributed by atoms with E-state index < -0.39 is 6.04 Å². The Kier molecular flexibility index (Phi) is 6.68. The van der Waals surface area contributed by atoms with Crippen molar-refractivity contribution in [1.29, 1.82) is 0 Å². The van der Waals surface area contributed by atoms with E-state index in [2.05, 4.69) is 10.2 Å². The molecule has 2 aliphatic heterocycles. The van der Waals surface area contributed by atoms with Gasteiger partial charge in [0.15, 0.2) is 0 Å². The Hall–Kier alpha value is -1.54. The molecule has 0 radical (unpaired) electrons. The molecule has 3 aliphatic rings. The van der Waals surface area contributed by atoms with Gasteiger partial charge >= 0.3 is 6.03 Å². The van der Waals surface area contributed by atoms with Crippen LogP contribution in [0.2, 0.25) is 10.0 Å². The molecule has 2 unspecified atom stereocenters. The Morgan fingerprint density at radius 3 is 2.61 bits per heavy atom. The van der Waals surface area contributed by atoms with Gasteiger partial charge in [-0.25, -0.2) is 4.79 Å². The maximum Gasteiger partial charge on any atom is 0.322 e. The van der Waals surface area contributed by atoms with Gasteiger partial charge in [0.1, 0.15) is 6.04 Å². The first-order valence-corrected chi connectivity index (χ1v) is 11.8. The fourth-order valence-corrected chi connectivity index (χ4v) is 5.01. The number of halogens is 2. The van der Waals surface area contributed by atoms with Crippen LogP contribution in [-0.2, 0) is 4.79 Å². The summed E-state index contributed by atoms with van der Waals surface area (Å²) in [6.45, 7) is 6.08. The Morgan fingerprint density at radius 1 is 1.16 bits per heavy atom. The molecule has 4 rings (SSSR count). The SMILES string of the molecule is CC1C(=O)N(CCCN2CCC3(CC3)C(O)C2)CCN1C(=O)Nc1ccc(Cl)c(Cl)c1. The number of aliphatic hydroxyl groups is 1. The van der Waals surface area contributed by atoms with Crippen molar-refractivity contribution in [3.63, 3.8) is 0 Å². The highest BCUT2D eigenvalue weighted by Gasteiger charge is 2.51. The number of amides is 3. The number of piperidine rings is 1. The predicted molar refractivity (Wildman–Crippen MR) is 122 cm³/mol. The summed E-state index contributed by atoms with van der Waals surface area (Å²) in [5.74, 6) is -0.0360. The topological polar surface area (TPSA) is 76.1 Å². The molecule has 2 N–H and O–H groups in total. The molecule has 3 amide bonds. The third kappa shape index (κ3) is 4.95. The molecular weight excluding hydrogens is 439 g/mol. The minimum absolute atomic E-state index is 0.0360. The molecule has 1 spiro atoms. The lowest BCUT2D eigenvalue weighted by Crippen LogP contribution is -2.58. The molecule has 3 fully saturated rings. The average molecular weight is 469 g/mol. The number of carbonyl (C=O) groups is 2. The van der Waals surface area contributed by atoms with Crippen molar-refractivity contribution in [1.82, 2.24) is 14.7 Å². The number of benzene rings is 1. The number of urea groups is 1. The van der Waals surface area contributed by atoms with E-state index in [0.717, 1.165) is 45.3 Å². The number of likely N-dealkylation sites (tertiary alicyclic amines) is 1. The summed E-state index contributed by atoms with van der Waals surface area (Å²) in [6, 6.07) is 4.04. The van der Waals surface area contributed by atoms with E-state index in [1.54, 1.807) is 30.0 Å². The van der Waals surface area contributed by atoms with Crippen LogP contribution in [0.1, 0.15) is 32.6 Å². The second-order valence-electron chi connectivity index (χ2n) is 9.04. The molecule has 1 saturated carbocycles. The molecule has 9 heteroatoms. The summed E-state index contributed by atoms with van der Waals surface area (Å²) >= 11 is 11.9. The van der Waals surface area contributed by atoms with Gasteiger partial charge in [0.05, 0.1) is 16.1 Å². The molecule has 1 aromatic rings. The van der Waals surface area contributed by atoms with E-state index in [9.17, 15) is 14.7 Å². The molecule has 2 saturated heterocycles. The van der Waals surface area contributed by atoms with E-state index in [-0.39, 0.29) is 23.5 Å². The third-order valence-corrected chi connectivity index (χ3v) is 7.78. The molecule has 2 heterocycles. The summed E-state index contributed by atoms with van der Waals surface area (Å²) in [5, 5.41) is 13.9. The van der Waals surface area contributed by atoms with Crippen molar-refractivity contribution in [2.24, 2.45) is 5.41 Å². The lowest BCUT2D eigenvalue weighted by atomic mass is 9.90. The summed E-state index contributed by atoms with van der Waals surface area (Å²) < 4.78 is 0. The maximum absolute atomic E-state index is 12.8. The van der Waals surface area contributed by atoms with Crippen molar-refractivity contribution in [3.05, 3.63) is 28.2 Å². The Morgan fingerprint density at radius 2 is 1.94 bits per heavy atom. The molecule has 31 heavy (non-hydrogen) atoms. The van der Waals surface area contributed by atoms with Gasteiger partial charge in [-0.15, -0.1) is 0 Å². The fourth-order valence-electron chi connectivity index (χ4n) is 4.71. The number of nitrogens with zero attached hydrogens (tertiary/aromatic N) is 3. The average Bonchev–Trinajstić information content (AvgIpc) is 3.52. The van der Waals surface area contributed by atoms with Gasteiger partial charge in [-0.1, -0.05) is 23.2 Å². The van der Waals surface area contributed by atoms with Crippen LogP contribution >= 0.6 is 23.2 Å². The summed E-state index contributed by atoms with van der Waals surface area (Å²) in [7, 11) is 0. The van der Waals surface area contributed by atoms with Crippen molar-refractivity contribution in [3.8, 4) is 0 Å². The third-order valence-electron chi connectivity index (χ3n) is 7.04. The first-order valence-electron chi connectivity index (χ1n) is 11.0. The molecule has 0 bridgehead atoms. The predicted octanol–water partition coefficient (Wildman–Crippen LogP) is 3.29. The largest absolute Gasteiger partial charge is 0.391 e. The zero-order valence-electron chi connectivity index (χ0n) is 17.8. The van der Waals surface area contributed by atoms with Crippen LogP contribution in [0.5, 0.6) is 0 Å². The van der Waals surface area contributed by atoms with Crippen LogP contribution in [0, 0.1) is 5.41 Å². The highest BCUT2D eigenvalue weighted by Crippen LogP contribution is 2.53. The Labute approximate surface area is 193 Å². The molecule has 1 aromatic carbocycles. The van der Waals surface area contributed by atoms with Gasteiger partial charge in [0.2, 0.25) is 5.91 Å². The lowest BCUT2D eigenvalue weighted by molar-refractivity contribution is -0.139. The molecular formula is C22H30Cl2N4O3. The van der Waals surface area contributed by atoms with E-state index >= 15 is 0 Å². The van der Waals surface area contributed by atoms with Crippen molar-refractivity contribution in [2.45, 2.75) is 44.8 Å². The highest BCUT2D eigenvalue weighted by atomic mass is 35.5. The summed E-state index contributed by atoms with van der Waals surface area (Å²) in [4.78, 5) is 31.2. The number of anilines is 1. The lowest BCUT2D eigenvalue weighted by Gasteiger charge is -2.40. The van der Waals surface area contributed by atoms with Crippen LogP contribution in [0.4, 0.5) is 10.5 Å². The molecule has 7 nitrogen and oxygen atoms in total. The van der Waals surface area contributed by atoms with Crippen LogP contribution in [0.15, 0.2) is 18.2 Å². The number of hydrogen-bond donors (Lipinski definition) is 2. The maximum atomic E-state index is 12.8. The number of aliphatic hydroxyl groups excluding tert-OH is 1. The number of piperazine rings is 1. The van der Waals surface area contributed by atoms with Gasteiger partial charge < -0.3 is 25.1 Å². The van der Waals surface area contributed by atoms with Crippen molar-refractivity contribution < 1.29 is 14.7 Å². The number of nitrogens with one attached hydrogen (secondary N) is 1. The second-order valence-corrected chi connectivity index (χ2v) is 9.85. The van der Waals surface area contributed by atoms with E-state index in [1.807, 2.05) is 4.90 Å². The van der Waals surface area contributed by atoms with Crippen LogP contribution in [0.3, 0.4) is 0 Å². The first kappa shape index (κ1) is 22.6. The van der Waals surface area contributed by atoms with E-state index in [1.165, 1.54) is 0 Å². The van der Waals surface area contributed by atoms with Crippen molar-refractivity contribution in [2.75, 3.05) is 44.6 Å². The standard InChI is InChI=1S/C22H30Cl2N4O3/c1-15-20(30)27(9-2-8-26-10-7-22(5-6-22)19(29)14-26)11-12-28(15)21(31)25-16-3-4-17(23)18(24)13-16/h3-4,13,15,19,29H,2,5-12,14H2,1H3,(H,25,31). The summed E-state index contributed by atoms with van der Waals surface area (Å²) in [6.07, 6.45) is 4.07. The Balaban J connectivity index is 1.23. The smallest absolute Gasteiger partial charge is 0.322 e. The highest BCUT2D eigenvalue weighted by molar-refractivity contribution is 6.42.